The Labute approximate surface area is 107 Å². The zero-order valence-electron chi connectivity index (χ0n) is 10.3. The van der Waals surface area contributed by atoms with Crippen LogP contribution in [0.15, 0.2) is 40.5 Å². The Balaban J connectivity index is 2.13. The second-order valence-electron chi connectivity index (χ2n) is 4.45. The lowest BCUT2D eigenvalue weighted by atomic mass is 10.0. The van der Waals surface area contributed by atoms with E-state index in [0.29, 0.717) is 12.1 Å². The molecule has 1 aromatic rings. The highest BCUT2D eigenvalue weighted by atomic mass is 16.1. The van der Waals surface area contributed by atoms with Gasteiger partial charge in [-0.25, -0.2) is 0 Å². The number of hydrogen-bond acceptors (Lipinski definition) is 3. The first-order valence-corrected chi connectivity index (χ1v) is 6.21. The molecule has 2 rings (SSSR count). The zero-order valence-corrected chi connectivity index (χ0v) is 10.3. The second-order valence-corrected chi connectivity index (χ2v) is 4.45. The fourth-order valence-corrected chi connectivity index (χ4v) is 1.98. The summed E-state index contributed by atoms with van der Waals surface area (Å²) in [6.45, 7) is 0. The predicted octanol–water partition coefficient (Wildman–Crippen LogP) is 2.09. The van der Waals surface area contributed by atoms with Gasteiger partial charge in [0.2, 0.25) is 0 Å². The van der Waals surface area contributed by atoms with Crippen LogP contribution < -0.4 is 5.73 Å². The summed E-state index contributed by atoms with van der Waals surface area (Å²) < 4.78 is 0. The number of rotatable bonds is 3. The predicted molar refractivity (Wildman–Crippen MR) is 72.7 cm³/mol. The quantitative estimate of drug-likeness (QED) is 0.867. The number of benzene rings is 1. The van der Waals surface area contributed by atoms with Crippen LogP contribution in [0.3, 0.4) is 0 Å². The van der Waals surface area contributed by atoms with Crippen LogP contribution in [0.4, 0.5) is 0 Å². The molecule has 4 nitrogen and oxygen atoms in total. The van der Waals surface area contributed by atoms with Crippen molar-refractivity contribution >= 4 is 17.3 Å². The zero-order chi connectivity index (χ0) is 12.8. The first kappa shape index (κ1) is 12.5. The van der Waals surface area contributed by atoms with Gasteiger partial charge in [0.25, 0.3) is 5.91 Å². The molecule has 2 N–H and O–H groups in total. The highest BCUT2D eigenvalue weighted by molar-refractivity contribution is 6.38. The van der Waals surface area contributed by atoms with Gasteiger partial charge < -0.3 is 5.73 Å². The van der Waals surface area contributed by atoms with Gasteiger partial charge >= 0.3 is 0 Å². The van der Waals surface area contributed by atoms with Gasteiger partial charge in [0.05, 0.1) is 0 Å². The molecule has 0 bridgehead atoms. The van der Waals surface area contributed by atoms with E-state index >= 15 is 0 Å². The lowest BCUT2D eigenvalue weighted by molar-refractivity contribution is -0.112. The van der Waals surface area contributed by atoms with Crippen LogP contribution >= 0.6 is 0 Å². The van der Waals surface area contributed by atoms with Gasteiger partial charge in [-0.2, -0.15) is 5.10 Å². The molecule has 1 aliphatic rings. The maximum atomic E-state index is 11.1. The van der Waals surface area contributed by atoms with Crippen LogP contribution in [-0.2, 0) is 11.2 Å². The normalized spacial score (nSPS) is 22.0. The highest BCUT2D eigenvalue weighted by Crippen LogP contribution is 2.11. The summed E-state index contributed by atoms with van der Waals surface area (Å²) in [6, 6.07) is 10.2. The van der Waals surface area contributed by atoms with Crippen molar-refractivity contribution in [1.29, 1.82) is 0 Å². The summed E-state index contributed by atoms with van der Waals surface area (Å²) in [5.41, 5.74) is 7.86. The summed E-state index contributed by atoms with van der Waals surface area (Å²) in [5.74, 6) is -0.459. The Hall–Kier alpha value is -1.97. The molecular formula is C14H17N3O. The van der Waals surface area contributed by atoms with Crippen molar-refractivity contribution in [3.8, 4) is 0 Å². The monoisotopic (exact) mass is 243 g/mol. The molecule has 0 saturated heterocycles. The fraction of sp³-hybridized carbons (Fsp3) is 0.357. The van der Waals surface area contributed by atoms with Gasteiger partial charge in [-0.15, -0.1) is 5.10 Å². The van der Waals surface area contributed by atoms with Gasteiger partial charge in [-0.1, -0.05) is 30.3 Å². The third-order valence-corrected chi connectivity index (χ3v) is 2.98. The van der Waals surface area contributed by atoms with E-state index in [4.69, 9.17) is 5.73 Å². The lowest BCUT2D eigenvalue weighted by Crippen LogP contribution is -2.23. The number of hydrogen-bond donors (Lipinski definition) is 1. The van der Waals surface area contributed by atoms with Crippen molar-refractivity contribution in [3.63, 3.8) is 0 Å². The van der Waals surface area contributed by atoms with E-state index in [1.807, 2.05) is 18.2 Å². The van der Waals surface area contributed by atoms with E-state index in [1.165, 1.54) is 5.56 Å². The molecule has 18 heavy (non-hydrogen) atoms. The summed E-state index contributed by atoms with van der Waals surface area (Å²) in [4.78, 5) is 11.1. The molecule has 94 valence electrons. The van der Waals surface area contributed by atoms with Gasteiger partial charge in [-0.05, 0) is 31.2 Å². The Morgan fingerprint density at radius 1 is 1.11 bits per heavy atom. The smallest absolute Gasteiger partial charge is 0.264 e. The van der Waals surface area contributed by atoms with Crippen molar-refractivity contribution in [1.82, 2.24) is 0 Å². The van der Waals surface area contributed by atoms with E-state index in [0.717, 1.165) is 31.4 Å². The van der Waals surface area contributed by atoms with Gasteiger partial charge in [-0.3, -0.25) is 4.79 Å². The Kier molecular flexibility index (Phi) is 4.23. The molecular weight excluding hydrogens is 226 g/mol. The maximum Gasteiger partial charge on any atom is 0.264 e. The molecule has 0 spiro atoms. The van der Waals surface area contributed by atoms with Crippen molar-refractivity contribution < 1.29 is 4.79 Å². The molecule has 0 aromatic heterocycles. The Morgan fingerprint density at radius 2 is 1.83 bits per heavy atom. The van der Waals surface area contributed by atoms with E-state index in [9.17, 15) is 4.79 Å². The van der Waals surface area contributed by atoms with E-state index in [2.05, 4.69) is 22.3 Å². The van der Waals surface area contributed by atoms with Crippen molar-refractivity contribution in [2.24, 2.45) is 15.9 Å². The number of primary amides is 1. The van der Waals surface area contributed by atoms with E-state index < -0.39 is 5.91 Å². The van der Waals surface area contributed by atoms with E-state index in [-0.39, 0.29) is 0 Å². The van der Waals surface area contributed by atoms with Crippen LogP contribution in [0, 0.1) is 0 Å². The van der Waals surface area contributed by atoms with Crippen molar-refractivity contribution in [2.75, 3.05) is 0 Å². The number of nitrogens with two attached hydrogens (primary N) is 1. The maximum absolute atomic E-state index is 11.1. The average molecular weight is 243 g/mol. The molecule has 0 fully saturated rings. The minimum atomic E-state index is -0.459. The van der Waals surface area contributed by atoms with Crippen LogP contribution in [-0.4, -0.2) is 17.3 Å². The summed E-state index contributed by atoms with van der Waals surface area (Å²) in [6.07, 6.45) is 4.33. The van der Waals surface area contributed by atoms with Gasteiger partial charge in [0, 0.05) is 12.1 Å². The Morgan fingerprint density at radius 3 is 2.56 bits per heavy atom. The molecule has 1 aliphatic heterocycles. The van der Waals surface area contributed by atoms with Crippen LogP contribution in [0.25, 0.3) is 0 Å². The fourth-order valence-electron chi connectivity index (χ4n) is 1.98. The van der Waals surface area contributed by atoms with Gasteiger partial charge in [0.1, 0.15) is 5.71 Å². The molecule has 1 aromatic carbocycles. The SMILES string of the molecule is NC(=O)/C1=N/N=C(/Cc2ccccc2)CCCC1. The molecule has 0 atom stereocenters. The van der Waals surface area contributed by atoms with Crippen molar-refractivity contribution in [3.05, 3.63) is 35.9 Å². The first-order valence-electron chi connectivity index (χ1n) is 6.21. The molecule has 4 heteroatoms. The molecule has 0 unspecified atom stereocenters. The summed E-state index contributed by atoms with van der Waals surface area (Å²) in [5, 5.41) is 8.18. The van der Waals surface area contributed by atoms with E-state index in [1.54, 1.807) is 0 Å². The molecule has 1 heterocycles. The summed E-state index contributed by atoms with van der Waals surface area (Å²) >= 11 is 0. The topological polar surface area (TPSA) is 67.8 Å². The van der Waals surface area contributed by atoms with Crippen LogP contribution in [0.5, 0.6) is 0 Å². The van der Waals surface area contributed by atoms with Crippen LogP contribution in [0.2, 0.25) is 0 Å². The molecule has 0 radical (unpaired) electrons. The number of nitrogens with zero attached hydrogens (tertiary/aromatic N) is 2. The molecule has 1 amide bonds. The Bertz CT molecular complexity index is 477. The number of carbonyl (C=O) groups is 1. The van der Waals surface area contributed by atoms with Crippen molar-refractivity contribution in [2.45, 2.75) is 32.1 Å². The minimum Gasteiger partial charge on any atom is -0.364 e. The molecule has 0 saturated carbocycles. The third kappa shape index (κ3) is 3.52. The highest BCUT2D eigenvalue weighted by Gasteiger charge is 2.11. The standard InChI is InChI=1S/C14H17N3O/c15-14(18)13-9-5-4-8-12(16-17-13)10-11-6-2-1-3-7-11/h1-3,6-7H,4-5,8-10H2,(H2,15,18)/b16-12+,17-13+. The number of amides is 1. The van der Waals surface area contributed by atoms with Crippen LogP contribution in [0.1, 0.15) is 31.2 Å². The third-order valence-electron chi connectivity index (χ3n) is 2.98. The lowest BCUT2D eigenvalue weighted by Gasteiger charge is -2.09. The largest absolute Gasteiger partial charge is 0.364 e. The van der Waals surface area contributed by atoms with Gasteiger partial charge in [0.15, 0.2) is 0 Å². The first-order chi connectivity index (χ1) is 8.75. The number of carbonyl (C=O) groups excluding carboxylic acids is 1. The summed E-state index contributed by atoms with van der Waals surface area (Å²) in [7, 11) is 0. The minimum absolute atomic E-state index is 0.389. The second kappa shape index (κ2) is 6.10. The molecule has 0 aliphatic carbocycles. The average Bonchev–Trinajstić information content (AvgIpc) is 2.34.